The van der Waals surface area contributed by atoms with E-state index in [4.69, 9.17) is 16.3 Å². The van der Waals surface area contributed by atoms with Gasteiger partial charge < -0.3 is 4.74 Å². The number of carbonyl (C=O) groups is 1. The Bertz CT molecular complexity index is 928. The molecule has 2 aromatic carbocycles. The summed E-state index contributed by atoms with van der Waals surface area (Å²) in [4.78, 5) is 26.4. The van der Waals surface area contributed by atoms with Crippen LogP contribution >= 0.6 is 22.9 Å². The molecule has 0 fully saturated rings. The van der Waals surface area contributed by atoms with Gasteiger partial charge in [-0.15, -0.1) is 0 Å². The van der Waals surface area contributed by atoms with Crippen molar-refractivity contribution >= 4 is 49.9 Å². The second-order valence-corrected chi connectivity index (χ2v) is 6.19. The Kier molecular flexibility index (Phi) is 4.59. The maximum Gasteiger partial charge on any atom is 0.273 e. The molecule has 0 aliphatic rings. The molecule has 0 atom stereocenters. The summed E-state index contributed by atoms with van der Waals surface area (Å²) >= 11 is 7.21. The van der Waals surface area contributed by atoms with Gasteiger partial charge in [0.2, 0.25) is 0 Å². The Labute approximate surface area is 145 Å². The Hall–Kier alpha value is -2.71. The van der Waals surface area contributed by atoms with Gasteiger partial charge in [0.05, 0.1) is 21.2 Å². The third kappa shape index (κ3) is 3.79. The predicted octanol–water partition coefficient (Wildman–Crippen LogP) is 3.88. The van der Waals surface area contributed by atoms with E-state index in [0.29, 0.717) is 10.2 Å². The molecule has 0 radical (unpaired) electrons. The first kappa shape index (κ1) is 16.2. The molecule has 0 aliphatic heterocycles. The molecule has 1 aromatic heterocycles. The lowest BCUT2D eigenvalue weighted by Gasteiger charge is -2.05. The van der Waals surface area contributed by atoms with Crippen LogP contribution in [0.1, 0.15) is 0 Å². The molecule has 0 spiro atoms. The number of nitro groups is 1. The van der Waals surface area contributed by atoms with E-state index >= 15 is 0 Å². The van der Waals surface area contributed by atoms with Crippen molar-refractivity contribution in [2.45, 2.75) is 0 Å². The average molecular weight is 364 g/mol. The van der Waals surface area contributed by atoms with Crippen molar-refractivity contribution in [3.05, 3.63) is 57.6 Å². The lowest BCUT2D eigenvalue weighted by Crippen LogP contribution is -2.20. The van der Waals surface area contributed by atoms with Gasteiger partial charge in [0, 0.05) is 11.1 Å². The Morgan fingerprint density at radius 1 is 1.33 bits per heavy atom. The lowest BCUT2D eigenvalue weighted by atomic mass is 10.3. The van der Waals surface area contributed by atoms with E-state index in [9.17, 15) is 14.9 Å². The van der Waals surface area contributed by atoms with Gasteiger partial charge in [0.15, 0.2) is 11.7 Å². The number of nitro benzene ring substituents is 1. The maximum atomic E-state index is 11.9. The number of halogens is 1. The molecule has 0 saturated heterocycles. The van der Waals surface area contributed by atoms with Crippen LogP contribution in [0.25, 0.3) is 10.2 Å². The summed E-state index contributed by atoms with van der Waals surface area (Å²) in [6.45, 7) is -0.280. The van der Waals surface area contributed by atoms with Gasteiger partial charge in [0.1, 0.15) is 5.75 Å². The number of non-ortho nitro benzene ring substituents is 1. The first-order valence-electron chi connectivity index (χ1n) is 6.74. The van der Waals surface area contributed by atoms with Crippen LogP contribution in [0.5, 0.6) is 5.75 Å². The number of ether oxygens (including phenoxy) is 1. The summed E-state index contributed by atoms with van der Waals surface area (Å²) in [6.07, 6.45) is 0. The first-order valence-corrected chi connectivity index (χ1v) is 7.94. The number of hydrogen-bond acceptors (Lipinski definition) is 6. The first-order chi connectivity index (χ1) is 11.5. The molecule has 122 valence electrons. The number of rotatable bonds is 5. The molecule has 1 heterocycles. The molecule has 0 unspecified atom stereocenters. The molecule has 7 nitrogen and oxygen atoms in total. The molecule has 24 heavy (non-hydrogen) atoms. The van der Waals surface area contributed by atoms with Gasteiger partial charge in [-0.25, -0.2) is 4.98 Å². The molecule has 0 saturated carbocycles. The molecule has 0 aliphatic carbocycles. The molecule has 1 amide bonds. The SMILES string of the molecule is O=C(COc1cccc([N+](=O)[O-])c1)Nc1nc2ccc(Cl)cc2s1. The zero-order chi connectivity index (χ0) is 17.1. The highest BCUT2D eigenvalue weighted by Gasteiger charge is 2.11. The zero-order valence-electron chi connectivity index (χ0n) is 12.1. The number of thiazole rings is 1. The van der Waals surface area contributed by atoms with E-state index in [-0.39, 0.29) is 18.0 Å². The number of aromatic nitrogens is 1. The number of anilines is 1. The topological polar surface area (TPSA) is 94.4 Å². The fraction of sp³-hybridized carbons (Fsp3) is 0.0667. The predicted molar refractivity (Wildman–Crippen MR) is 91.9 cm³/mol. The molecule has 1 N–H and O–H groups in total. The summed E-state index contributed by atoms with van der Waals surface area (Å²) in [7, 11) is 0. The number of benzene rings is 2. The van der Waals surface area contributed by atoms with Crippen LogP contribution in [0.4, 0.5) is 10.8 Å². The minimum Gasteiger partial charge on any atom is -0.484 e. The maximum absolute atomic E-state index is 11.9. The van der Waals surface area contributed by atoms with E-state index in [2.05, 4.69) is 10.3 Å². The van der Waals surface area contributed by atoms with Crippen LogP contribution < -0.4 is 10.1 Å². The van der Waals surface area contributed by atoms with Gasteiger partial charge in [-0.2, -0.15) is 0 Å². The number of nitrogens with one attached hydrogen (secondary N) is 1. The lowest BCUT2D eigenvalue weighted by molar-refractivity contribution is -0.384. The van der Waals surface area contributed by atoms with Crippen LogP contribution in [-0.4, -0.2) is 22.4 Å². The van der Waals surface area contributed by atoms with Crippen LogP contribution in [0.2, 0.25) is 5.02 Å². The largest absolute Gasteiger partial charge is 0.484 e. The van der Waals surface area contributed by atoms with E-state index in [1.807, 2.05) is 0 Å². The van der Waals surface area contributed by atoms with Crippen molar-refractivity contribution in [3.8, 4) is 5.75 Å². The molecule has 3 aromatic rings. The summed E-state index contributed by atoms with van der Waals surface area (Å²) in [6, 6.07) is 10.9. The smallest absolute Gasteiger partial charge is 0.273 e. The molecule has 3 rings (SSSR count). The van der Waals surface area contributed by atoms with Gasteiger partial charge in [0.25, 0.3) is 11.6 Å². The molecule has 0 bridgehead atoms. The minimum atomic E-state index is -0.529. The Morgan fingerprint density at radius 3 is 2.96 bits per heavy atom. The van der Waals surface area contributed by atoms with Crippen LogP contribution in [0, 0.1) is 10.1 Å². The molecular formula is C15H10ClN3O4S. The highest BCUT2D eigenvalue weighted by Crippen LogP contribution is 2.28. The third-order valence-corrected chi connectivity index (χ3v) is 4.16. The number of amides is 1. The highest BCUT2D eigenvalue weighted by molar-refractivity contribution is 7.22. The summed E-state index contributed by atoms with van der Waals surface area (Å²) in [5.74, 6) is -0.165. The van der Waals surface area contributed by atoms with Gasteiger partial charge in [-0.1, -0.05) is 29.0 Å². The fourth-order valence-electron chi connectivity index (χ4n) is 1.94. The van der Waals surface area contributed by atoms with Gasteiger partial charge in [-0.05, 0) is 24.3 Å². The van der Waals surface area contributed by atoms with E-state index in [1.165, 1.54) is 29.5 Å². The standard InChI is InChI=1S/C15H10ClN3O4S/c16-9-4-5-12-13(6-9)24-15(17-12)18-14(20)8-23-11-3-1-2-10(7-11)19(21)22/h1-7H,8H2,(H,17,18,20). The van der Waals surface area contributed by atoms with Crippen molar-refractivity contribution in [3.63, 3.8) is 0 Å². The van der Waals surface area contributed by atoms with Crippen LogP contribution in [0.15, 0.2) is 42.5 Å². The minimum absolute atomic E-state index is 0.101. The van der Waals surface area contributed by atoms with Crippen molar-refractivity contribution in [2.24, 2.45) is 0 Å². The second kappa shape index (κ2) is 6.81. The van der Waals surface area contributed by atoms with Crippen molar-refractivity contribution in [2.75, 3.05) is 11.9 Å². The third-order valence-electron chi connectivity index (χ3n) is 3.00. The van der Waals surface area contributed by atoms with Crippen molar-refractivity contribution in [1.29, 1.82) is 0 Å². The van der Waals surface area contributed by atoms with E-state index in [0.717, 1.165) is 10.2 Å². The van der Waals surface area contributed by atoms with E-state index in [1.54, 1.807) is 24.3 Å². The summed E-state index contributed by atoms with van der Waals surface area (Å²) in [5.41, 5.74) is 0.635. The number of hydrogen-bond donors (Lipinski definition) is 1. The number of carbonyl (C=O) groups excluding carboxylic acids is 1. The average Bonchev–Trinajstić information content (AvgIpc) is 2.94. The Balaban J connectivity index is 1.62. The van der Waals surface area contributed by atoms with Crippen LogP contribution in [0.3, 0.4) is 0 Å². The summed E-state index contributed by atoms with van der Waals surface area (Å²) in [5, 5.41) is 14.3. The van der Waals surface area contributed by atoms with E-state index < -0.39 is 10.8 Å². The van der Waals surface area contributed by atoms with Gasteiger partial charge >= 0.3 is 0 Å². The summed E-state index contributed by atoms with van der Waals surface area (Å²) < 4.78 is 6.12. The zero-order valence-corrected chi connectivity index (χ0v) is 13.6. The normalized spacial score (nSPS) is 10.5. The number of nitrogens with zero attached hydrogens (tertiary/aromatic N) is 2. The second-order valence-electron chi connectivity index (χ2n) is 4.72. The number of fused-ring (bicyclic) bond motifs is 1. The van der Waals surface area contributed by atoms with Crippen LogP contribution in [-0.2, 0) is 4.79 Å². The molecule has 9 heteroatoms. The molecular weight excluding hydrogens is 354 g/mol. The highest BCUT2D eigenvalue weighted by atomic mass is 35.5. The van der Waals surface area contributed by atoms with Crippen molar-refractivity contribution < 1.29 is 14.5 Å². The fourth-order valence-corrected chi connectivity index (χ4v) is 3.10. The quantitative estimate of drug-likeness (QED) is 0.548. The van der Waals surface area contributed by atoms with Crippen molar-refractivity contribution in [1.82, 2.24) is 4.98 Å². The van der Waals surface area contributed by atoms with Gasteiger partial charge in [-0.3, -0.25) is 20.2 Å². The Morgan fingerprint density at radius 2 is 2.17 bits per heavy atom. The monoisotopic (exact) mass is 363 g/mol.